The second kappa shape index (κ2) is 9.71. The highest BCUT2D eigenvalue weighted by atomic mass is 19.4. The van der Waals surface area contributed by atoms with Gasteiger partial charge in [-0.25, -0.2) is 4.98 Å². The number of nitrogens with zero attached hydrogens (tertiary/aromatic N) is 4. The van der Waals surface area contributed by atoms with E-state index in [0.717, 1.165) is 0 Å². The zero-order valence-corrected chi connectivity index (χ0v) is 19.6. The van der Waals surface area contributed by atoms with Crippen LogP contribution in [0.4, 0.5) is 24.7 Å². The summed E-state index contributed by atoms with van der Waals surface area (Å²) in [5.74, 6) is -1.25. The number of likely N-dealkylation sites (tertiary alicyclic amines) is 1. The van der Waals surface area contributed by atoms with E-state index in [9.17, 15) is 22.8 Å². The van der Waals surface area contributed by atoms with E-state index in [0.29, 0.717) is 36.8 Å². The van der Waals surface area contributed by atoms with E-state index >= 15 is 0 Å². The van der Waals surface area contributed by atoms with Gasteiger partial charge in [0.05, 0.1) is 18.0 Å². The lowest BCUT2D eigenvalue weighted by Crippen LogP contribution is -2.42. The summed E-state index contributed by atoms with van der Waals surface area (Å²) in [5.41, 5.74) is 0.964. The predicted molar refractivity (Wildman–Crippen MR) is 122 cm³/mol. The van der Waals surface area contributed by atoms with E-state index in [4.69, 9.17) is 10.1 Å². The van der Waals surface area contributed by atoms with Crippen molar-refractivity contribution in [2.45, 2.75) is 39.3 Å². The summed E-state index contributed by atoms with van der Waals surface area (Å²) in [6.07, 6.45) is -0.812. The van der Waals surface area contributed by atoms with Gasteiger partial charge in [-0.3, -0.25) is 19.6 Å². The minimum Gasteiger partial charge on any atom is -0.488 e. The van der Waals surface area contributed by atoms with Crippen molar-refractivity contribution in [3.8, 4) is 5.75 Å². The largest absolute Gasteiger partial charge is 0.488 e. The second-order valence-corrected chi connectivity index (χ2v) is 8.94. The number of fused-ring (bicyclic) bond motifs is 1. The number of nitrogens with one attached hydrogen (secondary N) is 1. The Balaban J connectivity index is 1.52. The number of aromatic nitrogens is 2. The fourth-order valence-electron chi connectivity index (χ4n) is 4.32. The Bertz CT molecular complexity index is 1170. The number of carbonyl (C=O) groups is 2. The van der Waals surface area contributed by atoms with Crippen molar-refractivity contribution in [2.24, 2.45) is 11.8 Å². The standard InChI is InChI=1S/C24H28F3N5O3/c1-3-15(2)22(33)32-9-6-18(13-20(32)28)31-10-11-35-19-12-16(14-29-21(19)31)23(34)30-7-4-17(5-8-30)24(25,26)27/h6,9,12-15,17,28H,3-5,7-8,10-11H2,1-2H3. The average Bonchev–Trinajstić information content (AvgIpc) is 2.86. The van der Waals surface area contributed by atoms with Gasteiger partial charge in [0.15, 0.2) is 11.6 Å². The number of anilines is 2. The van der Waals surface area contributed by atoms with Gasteiger partial charge in [-0.05, 0) is 31.4 Å². The van der Waals surface area contributed by atoms with Crippen molar-refractivity contribution in [1.29, 1.82) is 5.41 Å². The van der Waals surface area contributed by atoms with Crippen LogP contribution in [-0.4, -0.2) is 58.7 Å². The molecule has 1 unspecified atom stereocenters. The van der Waals surface area contributed by atoms with E-state index < -0.39 is 12.1 Å². The van der Waals surface area contributed by atoms with Crippen LogP contribution in [-0.2, 0) is 0 Å². The molecule has 1 atom stereocenters. The van der Waals surface area contributed by atoms with Gasteiger partial charge in [-0.15, -0.1) is 0 Å². The van der Waals surface area contributed by atoms with Crippen LogP contribution < -0.4 is 15.1 Å². The zero-order chi connectivity index (χ0) is 25.3. The smallest absolute Gasteiger partial charge is 0.391 e. The lowest BCUT2D eigenvalue weighted by atomic mass is 9.96. The molecule has 8 nitrogen and oxygen atoms in total. The highest BCUT2D eigenvalue weighted by molar-refractivity contribution is 5.95. The van der Waals surface area contributed by atoms with Gasteiger partial charge in [0.25, 0.3) is 5.91 Å². The summed E-state index contributed by atoms with van der Waals surface area (Å²) in [6.45, 7) is 4.60. The highest BCUT2D eigenvalue weighted by Crippen LogP contribution is 2.36. The molecule has 0 aliphatic carbocycles. The molecule has 188 valence electrons. The number of halogens is 3. The highest BCUT2D eigenvalue weighted by Gasteiger charge is 2.42. The van der Waals surface area contributed by atoms with E-state index in [1.54, 1.807) is 24.4 Å². The van der Waals surface area contributed by atoms with Crippen LogP contribution in [0, 0.1) is 17.2 Å². The second-order valence-electron chi connectivity index (χ2n) is 8.94. The third-order valence-electron chi connectivity index (χ3n) is 6.67. The number of alkyl halides is 3. The van der Waals surface area contributed by atoms with Crippen LogP contribution in [0.15, 0.2) is 30.6 Å². The normalized spacial score (nSPS) is 17.5. The number of piperidine rings is 1. The number of amides is 1. The Labute approximate surface area is 200 Å². The van der Waals surface area contributed by atoms with Gasteiger partial charge in [0.1, 0.15) is 12.1 Å². The van der Waals surface area contributed by atoms with Crippen molar-refractivity contribution in [3.05, 3.63) is 41.6 Å². The summed E-state index contributed by atoms with van der Waals surface area (Å²) in [6, 6.07) is 4.88. The van der Waals surface area contributed by atoms with Crippen molar-refractivity contribution in [2.75, 3.05) is 31.1 Å². The minimum absolute atomic E-state index is 0.0404. The lowest BCUT2D eigenvalue weighted by molar-refractivity contribution is -0.183. The van der Waals surface area contributed by atoms with Crippen LogP contribution in [0.1, 0.15) is 48.3 Å². The predicted octanol–water partition coefficient (Wildman–Crippen LogP) is 3.99. The van der Waals surface area contributed by atoms with E-state index in [1.807, 2.05) is 18.7 Å². The number of hydrogen-bond donors (Lipinski definition) is 1. The minimum atomic E-state index is -4.24. The molecule has 1 saturated heterocycles. The van der Waals surface area contributed by atoms with Crippen LogP contribution in [0.3, 0.4) is 0 Å². The summed E-state index contributed by atoms with van der Waals surface area (Å²) >= 11 is 0. The molecule has 4 rings (SSSR count). The summed E-state index contributed by atoms with van der Waals surface area (Å²) < 4.78 is 45.8. The summed E-state index contributed by atoms with van der Waals surface area (Å²) in [4.78, 5) is 33.1. The number of rotatable bonds is 4. The molecular weight excluding hydrogens is 463 g/mol. The Kier molecular flexibility index (Phi) is 6.86. The molecule has 0 saturated carbocycles. The fourth-order valence-corrected chi connectivity index (χ4v) is 4.32. The molecule has 0 radical (unpaired) electrons. The van der Waals surface area contributed by atoms with Gasteiger partial charge in [-0.1, -0.05) is 13.8 Å². The molecule has 4 heterocycles. The molecule has 2 aliphatic heterocycles. The van der Waals surface area contributed by atoms with E-state index in [1.165, 1.54) is 15.7 Å². The molecule has 2 aromatic heterocycles. The van der Waals surface area contributed by atoms with Crippen LogP contribution in [0.5, 0.6) is 5.75 Å². The molecule has 2 aliphatic rings. The Morgan fingerprint density at radius 2 is 1.94 bits per heavy atom. The number of pyridine rings is 2. The molecule has 35 heavy (non-hydrogen) atoms. The first-order chi connectivity index (χ1) is 16.6. The van der Waals surface area contributed by atoms with Crippen molar-refractivity contribution < 1.29 is 27.5 Å². The Morgan fingerprint density at radius 3 is 2.57 bits per heavy atom. The molecule has 1 fully saturated rings. The van der Waals surface area contributed by atoms with Gasteiger partial charge in [0.2, 0.25) is 5.91 Å². The van der Waals surface area contributed by atoms with Crippen molar-refractivity contribution in [1.82, 2.24) is 14.5 Å². The molecule has 0 spiro atoms. The summed E-state index contributed by atoms with van der Waals surface area (Å²) in [7, 11) is 0. The lowest BCUT2D eigenvalue weighted by Gasteiger charge is -2.33. The van der Waals surface area contributed by atoms with Crippen LogP contribution in [0.2, 0.25) is 0 Å². The van der Waals surface area contributed by atoms with Gasteiger partial charge in [-0.2, -0.15) is 13.2 Å². The summed E-state index contributed by atoms with van der Waals surface area (Å²) in [5, 5.41) is 8.31. The number of ether oxygens (including phenoxy) is 1. The van der Waals surface area contributed by atoms with Crippen molar-refractivity contribution >= 4 is 23.3 Å². The molecule has 0 bridgehead atoms. The topological polar surface area (TPSA) is 91.5 Å². The zero-order valence-electron chi connectivity index (χ0n) is 19.6. The van der Waals surface area contributed by atoms with Crippen LogP contribution >= 0.6 is 0 Å². The molecule has 1 amide bonds. The van der Waals surface area contributed by atoms with E-state index in [2.05, 4.69) is 4.98 Å². The number of hydrogen-bond acceptors (Lipinski definition) is 6. The third kappa shape index (κ3) is 5.03. The van der Waals surface area contributed by atoms with Gasteiger partial charge < -0.3 is 14.5 Å². The first kappa shape index (κ1) is 24.7. The fraction of sp³-hybridized carbons (Fsp3) is 0.500. The number of carbonyl (C=O) groups excluding carboxylic acids is 2. The maximum absolute atomic E-state index is 12.9. The maximum Gasteiger partial charge on any atom is 0.391 e. The molecule has 0 aromatic carbocycles. The van der Waals surface area contributed by atoms with Crippen LogP contribution in [0.25, 0.3) is 0 Å². The Hall–Kier alpha value is -3.37. The first-order valence-electron chi connectivity index (χ1n) is 11.7. The average molecular weight is 492 g/mol. The third-order valence-corrected chi connectivity index (χ3v) is 6.67. The first-order valence-corrected chi connectivity index (χ1v) is 11.7. The van der Waals surface area contributed by atoms with Crippen molar-refractivity contribution in [3.63, 3.8) is 0 Å². The molecule has 2 aromatic rings. The molecule has 11 heteroatoms. The molecule has 1 N–H and O–H groups in total. The molecular formula is C24H28F3N5O3. The van der Waals surface area contributed by atoms with E-state index in [-0.39, 0.29) is 54.7 Å². The van der Waals surface area contributed by atoms with Gasteiger partial charge in [0, 0.05) is 43.2 Å². The quantitative estimate of drug-likeness (QED) is 0.698. The van der Waals surface area contributed by atoms with Gasteiger partial charge >= 0.3 is 6.18 Å². The maximum atomic E-state index is 12.9. The SMILES string of the molecule is CCC(C)C(=O)n1ccc(N2CCOc3cc(C(=O)N4CCC(C(F)(F)F)CC4)cnc32)cc1=N. The monoisotopic (exact) mass is 491 g/mol. The Morgan fingerprint density at radius 1 is 1.23 bits per heavy atom.